The molecule has 172 valence electrons. The van der Waals surface area contributed by atoms with E-state index in [1.54, 1.807) is 18.2 Å². The van der Waals surface area contributed by atoms with Crippen LogP contribution in [0.2, 0.25) is 5.02 Å². The van der Waals surface area contributed by atoms with Gasteiger partial charge in [-0.1, -0.05) is 29.8 Å². The largest absolute Gasteiger partial charge is 0.486 e. The van der Waals surface area contributed by atoms with E-state index in [1.165, 1.54) is 0 Å². The first kappa shape index (κ1) is 22.9. The van der Waals surface area contributed by atoms with Gasteiger partial charge in [0.1, 0.15) is 12.7 Å². The fourth-order valence-corrected chi connectivity index (χ4v) is 4.32. The second-order valence-electron chi connectivity index (χ2n) is 8.52. The molecule has 0 saturated carbocycles. The summed E-state index contributed by atoms with van der Waals surface area (Å²) in [6.07, 6.45) is -1.09. The summed E-state index contributed by atoms with van der Waals surface area (Å²) in [5.41, 5.74) is 3.03. The molecule has 7 nitrogen and oxygen atoms in total. The third kappa shape index (κ3) is 5.53. The van der Waals surface area contributed by atoms with Gasteiger partial charge < -0.3 is 19.9 Å². The minimum atomic E-state index is -0.669. The zero-order valence-electron chi connectivity index (χ0n) is 18.5. The van der Waals surface area contributed by atoms with Gasteiger partial charge in [-0.15, -0.1) is 0 Å². The molecule has 2 aromatic rings. The standard InChI is InChI=1S/C24H30ClN3O4/c1-16-4-3-5-17(2)24(16)26-23(30)14-28-10-8-27(9-11-28)13-19(29)22-15-31-21-12-18(25)6-7-20(21)32-22/h3-7,12,19,22,29H,8-11,13-15H2,1-2H3,(H,26,30). The predicted molar refractivity (Wildman–Crippen MR) is 125 cm³/mol. The molecular weight excluding hydrogens is 430 g/mol. The van der Waals surface area contributed by atoms with Gasteiger partial charge in [0.15, 0.2) is 17.6 Å². The Morgan fingerprint density at radius 3 is 2.53 bits per heavy atom. The van der Waals surface area contributed by atoms with E-state index in [9.17, 15) is 9.90 Å². The van der Waals surface area contributed by atoms with Gasteiger partial charge in [-0.25, -0.2) is 0 Å². The van der Waals surface area contributed by atoms with Crippen LogP contribution >= 0.6 is 11.6 Å². The minimum absolute atomic E-state index is 0.00223. The number of anilines is 1. The molecular formula is C24H30ClN3O4. The monoisotopic (exact) mass is 459 g/mol. The van der Waals surface area contributed by atoms with E-state index in [0.717, 1.165) is 43.0 Å². The number of rotatable bonds is 6. The fourth-order valence-electron chi connectivity index (χ4n) is 4.16. The number of hydrogen-bond acceptors (Lipinski definition) is 6. The van der Waals surface area contributed by atoms with E-state index >= 15 is 0 Å². The number of ether oxygens (including phenoxy) is 2. The average molecular weight is 460 g/mol. The van der Waals surface area contributed by atoms with Gasteiger partial charge in [-0.05, 0) is 37.1 Å². The number of aliphatic hydroxyl groups is 1. The van der Waals surface area contributed by atoms with Crippen LogP contribution in [-0.4, -0.2) is 78.9 Å². The maximum absolute atomic E-state index is 12.5. The molecule has 0 aliphatic carbocycles. The first-order valence-corrected chi connectivity index (χ1v) is 11.3. The van der Waals surface area contributed by atoms with E-state index in [0.29, 0.717) is 29.6 Å². The summed E-state index contributed by atoms with van der Waals surface area (Å²) in [5.74, 6) is 1.21. The van der Waals surface area contributed by atoms with Gasteiger partial charge in [0.25, 0.3) is 0 Å². The molecule has 4 rings (SSSR count). The molecule has 0 spiro atoms. The molecule has 2 aromatic carbocycles. The van der Waals surface area contributed by atoms with Crippen molar-refractivity contribution in [1.29, 1.82) is 0 Å². The van der Waals surface area contributed by atoms with Crippen molar-refractivity contribution >= 4 is 23.2 Å². The summed E-state index contributed by atoms with van der Waals surface area (Å²) < 4.78 is 11.6. The summed E-state index contributed by atoms with van der Waals surface area (Å²) in [6, 6.07) is 11.2. The number of hydrogen-bond donors (Lipinski definition) is 2. The number of benzene rings is 2. The molecule has 0 radical (unpaired) electrons. The van der Waals surface area contributed by atoms with Crippen molar-refractivity contribution in [1.82, 2.24) is 9.80 Å². The average Bonchev–Trinajstić information content (AvgIpc) is 2.77. The molecule has 2 aliphatic rings. The number of halogens is 1. The van der Waals surface area contributed by atoms with Gasteiger partial charge in [0, 0.05) is 49.5 Å². The Hall–Kier alpha value is -2.32. The van der Waals surface area contributed by atoms with Crippen LogP contribution in [0.3, 0.4) is 0 Å². The molecule has 32 heavy (non-hydrogen) atoms. The smallest absolute Gasteiger partial charge is 0.238 e. The molecule has 2 heterocycles. The van der Waals surface area contributed by atoms with Crippen LogP contribution in [0.1, 0.15) is 11.1 Å². The number of fused-ring (bicyclic) bond motifs is 1. The Kier molecular flexibility index (Phi) is 7.20. The SMILES string of the molecule is Cc1cccc(C)c1NC(=O)CN1CCN(CC(O)C2COc3cc(Cl)ccc3O2)CC1. The number of piperazine rings is 1. The lowest BCUT2D eigenvalue weighted by atomic mass is 10.1. The minimum Gasteiger partial charge on any atom is -0.486 e. The quantitative estimate of drug-likeness (QED) is 0.692. The van der Waals surface area contributed by atoms with Crippen LogP contribution in [0.5, 0.6) is 11.5 Å². The van der Waals surface area contributed by atoms with E-state index in [4.69, 9.17) is 21.1 Å². The summed E-state index contributed by atoms with van der Waals surface area (Å²) in [4.78, 5) is 16.9. The second-order valence-corrected chi connectivity index (χ2v) is 8.95. The molecule has 2 aliphatic heterocycles. The highest BCUT2D eigenvalue weighted by Crippen LogP contribution is 2.34. The molecule has 2 atom stereocenters. The highest BCUT2D eigenvalue weighted by Gasteiger charge is 2.30. The Morgan fingerprint density at radius 2 is 1.81 bits per heavy atom. The Labute approximate surface area is 193 Å². The number of nitrogens with one attached hydrogen (secondary N) is 1. The lowest BCUT2D eigenvalue weighted by Gasteiger charge is -2.37. The normalized spacial score (nSPS) is 20.1. The van der Waals surface area contributed by atoms with Gasteiger partial charge in [-0.3, -0.25) is 14.6 Å². The van der Waals surface area contributed by atoms with E-state index in [2.05, 4.69) is 15.1 Å². The van der Waals surface area contributed by atoms with Crippen molar-refractivity contribution in [2.24, 2.45) is 0 Å². The molecule has 2 N–H and O–H groups in total. The number of amides is 1. The highest BCUT2D eigenvalue weighted by molar-refractivity contribution is 6.30. The summed E-state index contributed by atoms with van der Waals surface area (Å²) >= 11 is 5.98. The molecule has 1 amide bonds. The Morgan fingerprint density at radius 1 is 1.12 bits per heavy atom. The van der Waals surface area contributed by atoms with Crippen LogP contribution in [0.15, 0.2) is 36.4 Å². The number of aryl methyl sites for hydroxylation is 2. The maximum Gasteiger partial charge on any atom is 0.238 e. The molecule has 0 aromatic heterocycles. The molecule has 0 bridgehead atoms. The van der Waals surface area contributed by atoms with Crippen molar-refractivity contribution in [2.75, 3.05) is 51.2 Å². The van der Waals surface area contributed by atoms with E-state index < -0.39 is 12.2 Å². The molecule has 1 fully saturated rings. The number of aliphatic hydroxyl groups excluding tert-OH is 1. The van der Waals surface area contributed by atoms with E-state index in [-0.39, 0.29) is 12.5 Å². The number of nitrogens with zero attached hydrogens (tertiary/aromatic N) is 2. The highest BCUT2D eigenvalue weighted by atomic mass is 35.5. The van der Waals surface area contributed by atoms with Crippen molar-refractivity contribution in [3.05, 3.63) is 52.5 Å². The summed E-state index contributed by atoms with van der Waals surface area (Å²) in [6.45, 7) is 8.27. The Balaban J connectivity index is 1.22. The third-order valence-electron chi connectivity index (χ3n) is 6.04. The van der Waals surface area contributed by atoms with Crippen molar-refractivity contribution in [3.63, 3.8) is 0 Å². The topological polar surface area (TPSA) is 74.3 Å². The first-order valence-electron chi connectivity index (χ1n) is 11.0. The second kappa shape index (κ2) is 10.1. The van der Waals surface area contributed by atoms with Gasteiger partial charge in [0.05, 0.1) is 6.54 Å². The van der Waals surface area contributed by atoms with Gasteiger partial charge in [0.2, 0.25) is 5.91 Å². The number of β-amino-alcohol motifs (C(OH)–C–C–N with tert-alkyl or cyclic N) is 1. The molecule has 2 unspecified atom stereocenters. The van der Waals surface area contributed by atoms with Crippen molar-refractivity contribution in [2.45, 2.75) is 26.1 Å². The lowest BCUT2D eigenvalue weighted by Crippen LogP contribution is -2.53. The van der Waals surface area contributed by atoms with Gasteiger partial charge in [-0.2, -0.15) is 0 Å². The lowest BCUT2D eigenvalue weighted by molar-refractivity contribution is -0.117. The Bertz CT molecular complexity index is 942. The van der Waals surface area contributed by atoms with Crippen LogP contribution in [-0.2, 0) is 4.79 Å². The van der Waals surface area contributed by atoms with Crippen LogP contribution in [0.25, 0.3) is 0 Å². The first-order chi connectivity index (χ1) is 15.4. The molecule has 1 saturated heterocycles. The summed E-state index contributed by atoms with van der Waals surface area (Å²) in [7, 11) is 0. The van der Waals surface area contributed by atoms with Crippen LogP contribution < -0.4 is 14.8 Å². The van der Waals surface area contributed by atoms with Crippen LogP contribution in [0.4, 0.5) is 5.69 Å². The molecule has 8 heteroatoms. The fraction of sp³-hybridized carbons (Fsp3) is 0.458. The summed E-state index contributed by atoms with van der Waals surface area (Å²) in [5, 5.41) is 14.3. The zero-order valence-corrected chi connectivity index (χ0v) is 19.3. The number of carbonyl (C=O) groups excluding carboxylic acids is 1. The van der Waals surface area contributed by atoms with Crippen LogP contribution in [0, 0.1) is 13.8 Å². The third-order valence-corrected chi connectivity index (χ3v) is 6.27. The number of carbonyl (C=O) groups is 1. The van der Waals surface area contributed by atoms with E-state index in [1.807, 2.05) is 32.0 Å². The van der Waals surface area contributed by atoms with Crippen molar-refractivity contribution in [3.8, 4) is 11.5 Å². The number of para-hydroxylation sites is 1. The van der Waals surface area contributed by atoms with Crippen molar-refractivity contribution < 1.29 is 19.4 Å². The van der Waals surface area contributed by atoms with Gasteiger partial charge >= 0.3 is 0 Å². The zero-order chi connectivity index (χ0) is 22.7. The maximum atomic E-state index is 12.5. The predicted octanol–water partition coefficient (Wildman–Crippen LogP) is 2.71.